The average Bonchev–Trinajstić information content (AvgIpc) is 2.36. The Kier molecular flexibility index (Phi) is 4.74. The van der Waals surface area contributed by atoms with Gasteiger partial charge in [0.1, 0.15) is 0 Å². The van der Waals surface area contributed by atoms with E-state index >= 15 is 0 Å². The molecule has 6 heteroatoms. The van der Waals surface area contributed by atoms with Gasteiger partial charge in [-0.25, -0.2) is 0 Å². The zero-order valence-electron chi connectivity index (χ0n) is 9.70. The van der Waals surface area contributed by atoms with E-state index in [0.29, 0.717) is 31.4 Å². The Bertz CT molecular complexity index is 646. The smallest absolute Gasteiger partial charge is 0.0647 e. The zero-order chi connectivity index (χ0) is 14.0. The Hall–Kier alpha value is -0.740. The number of rotatable bonds is 3. The summed E-state index contributed by atoms with van der Waals surface area (Å²) in [5.74, 6) is 0.302. The second kappa shape index (κ2) is 6.14. The van der Waals surface area contributed by atoms with E-state index in [4.69, 9.17) is 40.5 Å². The highest BCUT2D eigenvalue weighted by Crippen LogP contribution is 2.26. The van der Waals surface area contributed by atoms with Gasteiger partial charge in [0.25, 0.3) is 0 Å². The van der Waals surface area contributed by atoms with Gasteiger partial charge in [0.15, 0.2) is 0 Å². The van der Waals surface area contributed by atoms with Gasteiger partial charge in [-0.3, -0.25) is 4.21 Å². The molecule has 0 heterocycles. The monoisotopic (exact) mass is 333 g/mol. The Morgan fingerprint density at radius 2 is 1.74 bits per heavy atom. The average molecular weight is 335 g/mol. The molecule has 0 spiro atoms. The SMILES string of the molecule is Nc1ccc(S(=O)Cc2ccc(Cl)cc2Cl)cc1Cl. The van der Waals surface area contributed by atoms with Crippen LogP contribution >= 0.6 is 34.8 Å². The van der Waals surface area contributed by atoms with E-state index in [2.05, 4.69) is 0 Å². The number of anilines is 1. The summed E-state index contributed by atoms with van der Waals surface area (Å²) >= 11 is 17.8. The van der Waals surface area contributed by atoms with E-state index in [0.717, 1.165) is 5.56 Å². The van der Waals surface area contributed by atoms with Crippen LogP contribution in [0.1, 0.15) is 5.56 Å². The standard InChI is InChI=1S/C13H10Cl3NOS/c14-9-2-1-8(11(15)5-9)7-19(18)10-3-4-13(17)12(16)6-10/h1-6H,7,17H2. The summed E-state index contributed by atoms with van der Waals surface area (Å²) in [6.07, 6.45) is 0. The molecule has 1 atom stereocenters. The van der Waals surface area contributed by atoms with Crippen LogP contribution < -0.4 is 5.73 Å². The van der Waals surface area contributed by atoms with Crippen LogP contribution in [0.3, 0.4) is 0 Å². The molecule has 2 rings (SSSR count). The summed E-state index contributed by atoms with van der Waals surface area (Å²) < 4.78 is 12.2. The van der Waals surface area contributed by atoms with Crippen molar-refractivity contribution >= 4 is 51.3 Å². The molecule has 0 aromatic heterocycles. The van der Waals surface area contributed by atoms with Gasteiger partial charge >= 0.3 is 0 Å². The van der Waals surface area contributed by atoms with Crippen LogP contribution in [-0.2, 0) is 16.6 Å². The molecule has 2 aromatic carbocycles. The highest BCUT2D eigenvalue weighted by molar-refractivity contribution is 7.84. The third kappa shape index (κ3) is 3.63. The lowest BCUT2D eigenvalue weighted by Gasteiger charge is -2.06. The lowest BCUT2D eigenvalue weighted by Crippen LogP contribution is -1.98. The quantitative estimate of drug-likeness (QED) is 0.838. The number of halogens is 3. The molecular weight excluding hydrogens is 325 g/mol. The lowest BCUT2D eigenvalue weighted by molar-refractivity contribution is 0.682. The molecule has 0 fully saturated rings. The van der Waals surface area contributed by atoms with Crippen LogP contribution in [0.5, 0.6) is 0 Å². The number of hydrogen-bond acceptors (Lipinski definition) is 2. The van der Waals surface area contributed by atoms with Crippen molar-refractivity contribution in [1.29, 1.82) is 0 Å². The normalized spacial score (nSPS) is 12.4. The minimum Gasteiger partial charge on any atom is -0.398 e. The zero-order valence-corrected chi connectivity index (χ0v) is 12.8. The molecule has 1 unspecified atom stereocenters. The van der Waals surface area contributed by atoms with Crippen molar-refractivity contribution < 1.29 is 4.21 Å². The molecular formula is C13H10Cl3NOS. The van der Waals surface area contributed by atoms with E-state index in [9.17, 15) is 4.21 Å². The fourth-order valence-corrected chi connectivity index (χ4v) is 3.48. The predicted molar refractivity (Wildman–Crippen MR) is 82.4 cm³/mol. The van der Waals surface area contributed by atoms with Crippen molar-refractivity contribution in [2.24, 2.45) is 0 Å². The summed E-state index contributed by atoms with van der Waals surface area (Å²) in [6, 6.07) is 10.1. The predicted octanol–water partition coefficient (Wildman–Crippen LogP) is 4.54. The van der Waals surface area contributed by atoms with Crippen molar-refractivity contribution in [2.75, 3.05) is 5.73 Å². The van der Waals surface area contributed by atoms with Gasteiger partial charge in [0.05, 0.1) is 27.3 Å². The minimum absolute atomic E-state index is 0.302. The minimum atomic E-state index is -1.24. The molecule has 0 saturated heterocycles. The third-order valence-corrected chi connectivity index (χ3v) is 4.80. The largest absolute Gasteiger partial charge is 0.398 e. The van der Waals surface area contributed by atoms with Gasteiger partial charge in [-0.2, -0.15) is 0 Å². The molecule has 2 nitrogen and oxygen atoms in total. The van der Waals surface area contributed by atoms with Crippen LogP contribution in [0, 0.1) is 0 Å². The van der Waals surface area contributed by atoms with Crippen molar-refractivity contribution in [3.05, 3.63) is 57.0 Å². The van der Waals surface area contributed by atoms with Crippen molar-refractivity contribution in [3.8, 4) is 0 Å². The second-order valence-corrected chi connectivity index (χ2v) is 6.61. The lowest BCUT2D eigenvalue weighted by atomic mass is 10.2. The van der Waals surface area contributed by atoms with E-state index in [1.807, 2.05) is 0 Å². The van der Waals surface area contributed by atoms with Gasteiger partial charge in [-0.05, 0) is 35.9 Å². The second-order valence-electron chi connectivity index (χ2n) is 3.91. The van der Waals surface area contributed by atoms with Crippen LogP contribution in [0.15, 0.2) is 41.3 Å². The maximum absolute atomic E-state index is 12.2. The molecule has 2 aromatic rings. The van der Waals surface area contributed by atoms with Crippen molar-refractivity contribution in [2.45, 2.75) is 10.6 Å². The van der Waals surface area contributed by atoms with Crippen LogP contribution in [-0.4, -0.2) is 4.21 Å². The van der Waals surface area contributed by atoms with Crippen molar-refractivity contribution in [3.63, 3.8) is 0 Å². The van der Waals surface area contributed by atoms with E-state index in [1.165, 1.54) is 0 Å². The number of nitrogen functional groups attached to an aromatic ring is 1. The fourth-order valence-electron chi connectivity index (χ4n) is 1.51. The summed E-state index contributed by atoms with van der Waals surface area (Å²) in [7, 11) is -1.24. The Labute approximate surface area is 128 Å². The van der Waals surface area contributed by atoms with Crippen molar-refractivity contribution in [1.82, 2.24) is 0 Å². The Morgan fingerprint density at radius 1 is 1.00 bits per heavy atom. The number of benzene rings is 2. The first kappa shape index (κ1) is 14.7. The molecule has 2 N–H and O–H groups in total. The van der Waals surface area contributed by atoms with Gasteiger partial charge in [-0.15, -0.1) is 0 Å². The molecule has 0 saturated carbocycles. The molecule has 0 aliphatic heterocycles. The molecule has 19 heavy (non-hydrogen) atoms. The van der Waals surface area contributed by atoms with Gasteiger partial charge in [0, 0.05) is 14.9 Å². The summed E-state index contributed by atoms with van der Waals surface area (Å²) in [5, 5.41) is 1.45. The molecule has 0 amide bonds. The first-order chi connectivity index (χ1) is 8.97. The molecule has 0 aliphatic carbocycles. The summed E-state index contributed by atoms with van der Waals surface area (Å²) in [4.78, 5) is 0.616. The molecule has 0 bridgehead atoms. The number of hydrogen-bond donors (Lipinski definition) is 1. The summed E-state index contributed by atoms with van der Waals surface area (Å²) in [6.45, 7) is 0. The van der Waals surface area contributed by atoms with Gasteiger partial charge < -0.3 is 5.73 Å². The Morgan fingerprint density at radius 3 is 2.37 bits per heavy atom. The fraction of sp³-hybridized carbons (Fsp3) is 0.0769. The molecule has 0 aliphatic rings. The first-order valence-corrected chi connectivity index (χ1v) is 7.80. The highest BCUT2D eigenvalue weighted by Gasteiger charge is 2.10. The highest BCUT2D eigenvalue weighted by atomic mass is 35.5. The third-order valence-electron chi connectivity index (χ3n) is 2.54. The maximum atomic E-state index is 12.2. The van der Waals surface area contributed by atoms with E-state index in [-0.39, 0.29) is 0 Å². The molecule has 0 radical (unpaired) electrons. The van der Waals surface area contributed by atoms with Crippen LogP contribution in [0.4, 0.5) is 5.69 Å². The topological polar surface area (TPSA) is 43.1 Å². The van der Waals surface area contributed by atoms with E-state index < -0.39 is 10.8 Å². The molecule has 100 valence electrons. The van der Waals surface area contributed by atoms with Crippen LogP contribution in [0.2, 0.25) is 15.1 Å². The van der Waals surface area contributed by atoms with Gasteiger partial charge in [0.2, 0.25) is 0 Å². The maximum Gasteiger partial charge on any atom is 0.0647 e. The summed E-state index contributed by atoms with van der Waals surface area (Å²) in [5.41, 5.74) is 6.86. The number of nitrogens with two attached hydrogens (primary N) is 1. The van der Waals surface area contributed by atoms with E-state index in [1.54, 1.807) is 36.4 Å². The van der Waals surface area contributed by atoms with Crippen LogP contribution in [0.25, 0.3) is 0 Å². The van der Waals surface area contributed by atoms with Gasteiger partial charge in [-0.1, -0.05) is 40.9 Å². The first-order valence-electron chi connectivity index (χ1n) is 5.34. The Balaban J connectivity index is 2.23.